The molecule has 0 radical (unpaired) electrons. The predicted molar refractivity (Wildman–Crippen MR) is 107 cm³/mol. The van der Waals surface area contributed by atoms with Crippen LogP contribution in [0.15, 0.2) is 24.3 Å². The number of rotatable bonds is 3. The van der Waals surface area contributed by atoms with Crippen LogP contribution >= 0.6 is 0 Å². The van der Waals surface area contributed by atoms with Gasteiger partial charge in [0.1, 0.15) is 6.04 Å². The van der Waals surface area contributed by atoms with E-state index in [9.17, 15) is 19.5 Å². The standard InChI is InChI=1S/C21H26N4O4/c1-22-20(27)18-10-15-14-6-2-3-7-16(14)23-17(15)12-25(18)19(26)9-13-5-4-8-24(11-13)21(28)29/h2-3,6-7,13,18,23H,4-5,8-12H2,1H3,(H,22,27)(H,28,29). The van der Waals surface area contributed by atoms with E-state index in [1.807, 2.05) is 24.3 Å². The molecular weight excluding hydrogens is 372 g/mol. The molecule has 2 unspecified atom stereocenters. The SMILES string of the molecule is CNC(=O)C1Cc2c([nH]c3ccccc23)CN1C(=O)CC1CCCN(C(=O)O)C1. The molecule has 4 rings (SSSR count). The van der Waals surface area contributed by atoms with Crippen molar-refractivity contribution in [2.24, 2.45) is 5.92 Å². The van der Waals surface area contributed by atoms with Crippen LogP contribution < -0.4 is 5.32 Å². The van der Waals surface area contributed by atoms with Crippen molar-refractivity contribution in [1.82, 2.24) is 20.1 Å². The number of carboxylic acid groups (broad SMARTS) is 1. The van der Waals surface area contributed by atoms with Crippen LogP contribution in [-0.2, 0) is 22.6 Å². The minimum Gasteiger partial charge on any atom is -0.465 e. The molecule has 2 atom stereocenters. The Morgan fingerprint density at radius 3 is 2.83 bits per heavy atom. The summed E-state index contributed by atoms with van der Waals surface area (Å²) < 4.78 is 0. The van der Waals surface area contributed by atoms with Crippen LogP contribution in [0.2, 0.25) is 0 Å². The van der Waals surface area contributed by atoms with Crippen molar-refractivity contribution in [2.75, 3.05) is 20.1 Å². The molecule has 2 aromatic rings. The van der Waals surface area contributed by atoms with Crippen LogP contribution in [0.3, 0.4) is 0 Å². The Kier molecular flexibility index (Phi) is 5.17. The topological polar surface area (TPSA) is 106 Å². The second-order valence-electron chi connectivity index (χ2n) is 7.92. The largest absolute Gasteiger partial charge is 0.465 e. The highest BCUT2D eigenvalue weighted by Gasteiger charge is 2.37. The van der Waals surface area contributed by atoms with Gasteiger partial charge in [-0.3, -0.25) is 9.59 Å². The number of nitrogens with one attached hydrogen (secondary N) is 2. The molecule has 1 saturated heterocycles. The van der Waals surface area contributed by atoms with E-state index in [2.05, 4.69) is 10.3 Å². The Morgan fingerprint density at radius 2 is 2.07 bits per heavy atom. The van der Waals surface area contributed by atoms with E-state index < -0.39 is 12.1 Å². The lowest BCUT2D eigenvalue weighted by atomic mass is 9.92. The monoisotopic (exact) mass is 398 g/mol. The number of aromatic nitrogens is 1. The summed E-state index contributed by atoms with van der Waals surface area (Å²) in [5, 5.41) is 13.0. The zero-order chi connectivity index (χ0) is 20.5. The van der Waals surface area contributed by atoms with E-state index >= 15 is 0 Å². The molecule has 8 heteroatoms. The van der Waals surface area contributed by atoms with Crippen molar-refractivity contribution in [3.8, 4) is 0 Å². The number of likely N-dealkylation sites (N-methyl/N-ethyl adjacent to an activating group) is 1. The van der Waals surface area contributed by atoms with E-state index in [-0.39, 0.29) is 24.2 Å². The second-order valence-corrected chi connectivity index (χ2v) is 7.92. The third-order valence-corrected chi connectivity index (χ3v) is 6.13. The molecule has 29 heavy (non-hydrogen) atoms. The number of H-pyrrole nitrogens is 1. The number of hydrogen-bond acceptors (Lipinski definition) is 3. The molecule has 3 N–H and O–H groups in total. The van der Waals surface area contributed by atoms with Crippen LogP contribution in [0.5, 0.6) is 0 Å². The highest BCUT2D eigenvalue weighted by atomic mass is 16.4. The maximum atomic E-state index is 13.2. The highest BCUT2D eigenvalue weighted by Crippen LogP contribution is 2.31. The first-order valence-electron chi connectivity index (χ1n) is 10.0. The Bertz CT molecular complexity index is 953. The first kappa shape index (κ1) is 19.3. The Labute approximate surface area is 168 Å². The van der Waals surface area contributed by atoms with Gasteiger partial charge in [-0.1, -0.05) is 18.2 Å². The van der Waals surface area contributed by atoms with Crippen molar-refractivity contribution in [2.45, 2.75) is 38.3 Å². The molecule has 1 aromatic heterocycles. The smallest absolute Gasteiger partial charge is 0.407 e. The van der Waals surface area contributed by atoms with E-state index in [1.54, 1.807) is 11.9 Å². The van der Waals surface area contributed by atoms with Crippen molar-refractivity contribution in [3.63, 3.8) is 0 Å². The normalized spacial score (nSPS) is 21.7. The average Bonchev–Trinajstić information content (AvgIpc) is 3.10. The number of aromatic amines is 1. The third-order valence-electron chi connectivity index (χ3n) is 6.13. The zero-order valence-electron chi connectivity index (χ0n) is 16.5. The second kappa shape index (κ2) is 7.77. The zero-order valence-corrected chi connectivity index (χ0v) is 16.5. The van der Waals surface area contributed by atoms with Crippen LogP contribution in [0.1, 0.15) is 30.5 Å². The molecule has 0 bridgehead atoms. The Hall–Kier alpha value is -3.03. The van der Waals surface area contributed by atoms with Crippen LogP contribution in [0.4, 0.5) is 4.79 Å². The fraction of sp³-hybridized carbons (Fsp3) is 0.476. The molecule has 3 heterocycles. The summed E-state index contributed by atoms with van der Waals surface area (Å²) in [6.45, 7) is 1.25. The highest BCUT2D eigenvalue weighted by molar-refractivity contribution is 5.91. The summed E-state index contributed by atoms with van der Waals surface area (Å²) in [5.41, 5.74) is 3.07. The lowest BCUT2D eigenvalue weighted by Crippen LogP contribution is -2.52. The van der Waals surface area contributed by atoms with E-state index in [0.29, 0.717) is 26.1 Å². The van der Waals surface area contributed by atoms with Gasteiger partial charge in [0.2, 0.25) is 11.8 Å². The van der Waals surface area contributed by atoms with E-state index in [1.165, 1.54) is 4.90 Å². The van der Waals surface area contributed by atoms with E-state index in [4.69, 9.17) is 0 Å². The number of carbonyl (C=O) groups excluding carboxylic acids is 2. The van der Waals surface area contributed by atoms with Gasteiger partial charge < -0.3 is 25.2 Å². The number of hydrogen-bond donors (Lipinski definition) is 3. The van der Waals surface area contributed by atoms with Gasteiger partial charge in [0.15, 0.2) is 0 Å². The van der Waals surface area contributed by atoms with Crippen LogP contribution in [0.25, 0.3) is 10.9 Å². The minimum absolute atomic E-state index is 0.0122. The minimum atomic E-state index is -0.939. The van der Waals surface area contributed by atoms with Gasteiger partial charge in [0, 0.05) is 49.6 Å². The molecule has 1 aromatic carbocycles. The summed E-state index contributed by atoms with van der Waals surface area (Å²) in [6, 6.07) is 7.40. The number of para-hydroxylation sites is 1. The first-order valence-corrected chi connectivity index (χ1v) is 10.0. The fourth-order valence-electron chi connectivity index (χ4n) is 4.64. The van der Waals surface area contributed by atoms with Gasteiger partial charge in [-0.05, 0) is 30.4 Å². The number of carbonyl (C=O) groups is 3. The number of fused-ring (bicyclic) bond motifs is 3. The third kappa shape index (κ3) is 3.66. The predicted octanol–water partition coefficient (Wildman–Crippen LogP) is 1.95. The summed E-state index contributed by atoms with van der Waals surface area (Å²) in [7, 11) is 1.58. The lowest BCUT2D eigenvalue weighted by molar-refractivity contribution is -0.142. The molecule has 0 saturated carbocycles. The molecule has 0 spiro atoms. The number of amides is 3. The van der Waals surface area contributed by atoms with Gasteiger partial charge in [-0.25, -0.2) is 4.79 Å². The van der Waals surface area contributed by atoms with E-state index in [0.717, 1.165) is 35.0 Å². The van der Waals surface area contributed by atoms with Gasteiger partial charge >= 0.3 is 6.09 Å². The molecule has 154 valence electrons. The van der Waals surface area contributed by atoms with Gasteiger partial charge in [-0.15, -0.1) is 0 Å². The number of benzene rings is 1. The molecular formula is C21H26N4O4. The van der Waals surface area contributed by atoms with Crippen LogP contribution in [-0.4, -0.2) is 64.0 Å². The van der Waals surface area contributed by atoms with Crippen molar-refractivity contribution >= 4 is 28.8 Å². The summed E-state index contributed by atoms with van der Waals surface area (Å²) in [6.07, 6.45) is 1.37. The van der Waals surface area contributed by atoms with Crippen molar-refractivity contribution in [3.05, 3.63) is 35.5 Å². The number of piperidine rings is 1. The van der Waals surface area contributed by atoms with Gasteiger partial charge in [0.05, 0.1) is 6.54 Å². The number of likely N-dealkylation sites (tertiary alicyclic amines) is 1. The molecule has 0 aliphatic carbocycles. The summed E-state index contributed by atoms with van der Waals surface area (Å²) in [4.78, 5) is 43.4. The Morgan fingerprint density at radius 1 is 1.28 bits per heavy atom. The molecule has 1 fully saturated rings. The van der Waals surface area contributed by atoms with Crippen molar-refractivity contribution < 1.29 is 19.5 Å². The first-order chi connectivity index (χ1) is 14.0. The maximum absolute atomic E-state index is 13.2. The average molecular weight is 398 g/mol. The molecule has 2 aliphatic rings. The van der Waals surface area contributed by atoms with Crippen molar-refractivity contribution in [1.29, 1.82) is 0 Å². The summed E-state index contributed by atoms with van der Waals surface area (Å²) in [5.74, 6) is -0.285. The number of nitrogens with zero attached hydrogens (tertiary/aromatic N) is 2. The molecule has 2 aliphatic heterocycles. The van der Waals surface area contributed by atoms with Gasteiger partial charge in [0.25, 0.3) is 0 Å². The van der Waals surface area contributed by atoms with Gasteiger partial charge in [-0.2, -0.15) is 0 Å². The maximum Gasteiger partial charge on any atom is 0.407 e. The quantitative estimate of drug-likeness (QED) is 0.735. The molecule has 8 nitrogen and oxygen atoms in total. The Balaban J connectivity index is 1.56. The summed E-state index contributed by atoms with van der Waals surface area (Å²) >= 11 is 0. The van der Waals surface area contributed by atoms with Crippen LogP contribution in [0, 0.1) is 5.92 Å². The molecule has 3 amide bonds. The fourth-order valence-corrected chi connectivity index (χ4v) is 4.64. The lowest BCUT2D eigenvalue weighted by Gasteiger charge is -2.37.